The van der Waals surface area contributed by atoms with Crippen LogP contribution in [0, 0.1) is 0 Å². The van der Waals surface area contributed by atoms with Crippen LogP contribution >= 0.6 is 15.9 Å². The number of hydrogen-bond donors (Lipinski definition) is 1. The SMILES string of the molecule is COc1cc(Br)c2c(c1)CNCCO2. The number of methoxy groups -OCH3 is 1. The summed E-state index contributed by atoms with van der Waals surface area (Å²) in [5, 5.41) is 3.28. The van der Waals surface area contributed by atoms with Crippen LogP contribution in [0.4, 0.5) is 0 Å². The number of ether oxygens (including phenoxy) is 2. The molecule has 1 aromatic rings. The summed E-state index contributed by atoms with van der Waals surface area (Å²) in [7, 11) is 1.67. The normalized spacial score (nSPS) is 15.3. The van der Waals surface area contributed by atoms with E-state index in [1.54, 1.807) is 7.11 Å². The van der Waals surface area contributed by atoms with Crippen LogP contribution in [0.25, 0.3) is 0 Å². The molecule has 0 spiro atoms. The highest BCUT2D eigenvalue weighted by molar-refractivity contribution is 9.10. The van der Waals surface area contributed by atoms with E-state index in [0.29, 0.717) is 6.61 Å². The fraction of sp³-hybridized carbons (Fsp3) is 0.400. The van der Waals surface area contributed by atoms with Gasteiger partial charge in [0.1, 0.15) is 18.1 Å². The van der Waals surface area contributed by atoms with Crippen molar-refractivity contribution in [2.75, 3.05) is 20.3 Å². The molecule has 1 N–H and O–H groups in total. The Morgan fingerprint density at radius 3 is 3.14 bits per heavy atom. The summed E-state index contributed by atoms with van der Waals surface area (Å²) < 4.78 is 11.8. The average molecular weight is 258 g/mol. The lowest BCUT2D eigenvalue weighted by atomic mass is 10.2. The van der Waals surface area contributed by atoms with Gasteiger partial charge in [0.2, 0.25) is 0 Å². The van der Waals surface area contributed by atoms with Gasteiger partial charge in [0.05, 0.1) is 11.6 Å². The smallest absolute Gasteiger partial charge is 0.138 e. The van der Waals surface area contributed by atoms with E-state index in [1.165, 1.54) is 0 Å². The lowest BCUT2D eigenvalue weighted by Crippen LogP contribution is -2.16. The first-order valence-corrected chi connectivity index (χ1v) is 5.30. The van der Waals surface area contributed by atoms with Gasteiger partial charge in [0.25, 0.3) is 0 Å². The minimum Gasteiger partial charge on any atom is -0.497 e. The van der Waals surface area contributed by atoms with Crippen molar-refractivity contribution in [3.63, 3.8) is 0 Å². The Morgan fingerprint density at radius 2 is 2.36 bits per heavy atom. The van der Waals surface area contributed by atoms with Crippen molar-refractivity contribution in [2.24, 2.45) is 0 Å². The molecule has 1 aliphatic heterocycles. The van der Waals surface area contributed by atoms with Gasteiger partial charge in [0, 0.05) is 18.7 Å². The molecule has 76 valence electrons. The summed E-state index contributed by atoms with van der Waals surface area (Å²) in [6, 6.07) is 3.92. The van der Waals surface area contributed by atoms with Gasteiger partial charge >= 0.3 is 0 Å². The molecule has 0 aromatic heterocycles. The maximum Gasteiger partial charge on any atom is 0.138 e. The van der Waals surface area contributed by atoms with Gasteiger partial charge in [-0.25, -0.2) is 0 Å². The van der Waals surface area contributed by atoms with Crippen molar-refractivity contribution in [1.29, 1.82) is 0 Å². The molecule has 0 bridgehead atoms. The van der Waals surface area contributed by atoms with Crippen LogP contribution in [0.2, 0.25) is 0 Å². The first kappa shape index (κ1) is 9.80. The second kappa shape index (κ2) is 4.19. The van der Waals surface area contributed by atoms with Crippen molar-refractivity contribution < 1.29 is 9.47 Å². The van der Waals surface area contributed by atoms with Crippen LogP contribution in [0.5, 0.6) is 11.5 Å². The molecule has 0 fully saturated rings. The molecular weight excluding hydrogens is 246 g/mol. The summed E-state index contributed by atoms with van der Waals surface area (Å²) in [6.45, 7) is 2.41. The van der Waals surface area contributed by atoms with Crippen LogP contribution in [-0.2, 0) is 6.54 Å². The lowest BCUT2D eigenvalue weighted by Gasteiger charge is -2.10. The average Bonchev–Trinajstić information content (AvgIpc) is 2.42. The number of nitrogens with one attached hydrogen (secondary N) is 1. The molecule has 0 atom stereocenters. The molecule has 4 heteroatoms. The predicted octanol–water partition coefficient (Wildman–Crippen LogP) is 1.94. The Morgan fingerprint density at radius 1 is 1.50 bits per heavy atom. The standard InChI is InChI=1S/C10H12BrNO2/c1-13-8-4-7-6-12-2-3-14-10(7)9(11)5-8/h4-5,12H,2-3,6H2,1H3. The topological polar surface area (TPSA) is 30.5 Å². The molecule has 1 aromatic carbocycles. The lowest BCUT2D eigenvalue weighted by molar-refractivity contribution is 0.323. The molecule has 1 heterocycles. The summed E-state index contributed by atoms with van der Waals surface area (Å²) in [6.07, 6.45) is 0. The Balaban J connectivity index is 2.43. The number of benzene rings is 1. The zero-order valence-corrected chi connectivity index (χ0v) is 9.56. The highest BCUT2D eigenvalue weighted by atomic mass is 79.9. The Kier molecular flexibility index (Phi) is 2.93. The molecule has 14 heavy (non-hydrogen) atoms. The minimum atomic E-state index is 0.706. The van der Waals surface area contributed by atoms with E-state index in [4.69, 9.17) is 9.47 Å². The van der Waals surface area contributed by atoms with E-state index in [1.807, 2.05) is 12.1 Å². The van der Waals surface area contributed by atoms with Crippen molar-refractivity contribution in [2.45, 2.75) is 6.54 Å². The van der Waals surface area contributed by atoms with E-state index < -0.39 is 0 Å². The maximum atomic E-state index is 5.61. The minimum absolute atomic E-state index is 0.706. The molecule has 3 nitrogen and oxygen atoms in total. The zero-order chi connectivity index (χ0) is 9.97. The monoisotopic (exact) mass is 257 g/mol. The molecular formula is C10H12BrNO2. The number of hydrogen-bond acceptors (Lipinski definition) is 3. The number of rotatable bonds is 1. The number of fused-ring (bicyclic) bond motifs is 1. The molecule has 1 aliphatic rings. The van der Waals surface area contributed by atoms with E-state index in [-0.39, 0.29) is 0 Å². The van der Waals surface area contributed by atoms with Crippen molar-refractivity contribution >= 4 is 15.9 Å². The third kappa shape index (κ3) is 1.86. The van der Waals surface area contributed by atoms with Gasteiger partial charge in [-0.3, -0.25) is 0 Å². The van der Waals surface area contributed by atoms with E-state index >= 15 is 0 Å². The summed E-state index contributed by atoms with van der Waals surface area (Å²) in [5.41, 5.74) is 1.13. The summed E-state index contributed by atoms with van der Waals surface area (Å²) in [5.74, 6) is 1.78. The predicted molar refractivity (Wildman–Crippen MR) is 57.9 cm³/mol. The fourth-order valence-corrected chi connectivity index (χ4v) is 2.08. The van der Waals surface area contributed by atoms with Crippen LogP contribution in [-0.4, -0.2) is 20.3 Å². The second-order valence-corrected chi connectivity index (χ2v) is 3.98. The molecule has 0 amide bonds. The van der Waals surface area contributed by atoms with Crippen LogP contribution in [0.3, 0.4) is 0 Å². The van der Waals surface area contributed by atoms with Gasteiger partial charge in [-0.2, -0.15) is 0 Å². The number of halogens is 1. The van der Waals surface area contributed by atoms with Crippen molar-refractivity contribution in [3.8, 4) is 11.5 Å². The Bertz CT molecular complexity index is 341. The zero-order valence-electron chi connectivity index (χ0n) is 7.97. The van der Waals surface area contributed by atoms with Gasteiger partial charge in [-0.1, -0.05) is 0 Å². The third-order valence-electron chi connectivity index (χ3n) is 2.17. The largest absolute Gasteiger partial charge is 0.497 e. The summed E-state index contributed by atoms with van der Waals surface area (Å²) in [4.78, 5) is 0. The third-order valence-corrected chi connectivity index (χ3v) is 2.76. The van der Waals surface area contributed by atoms with Gasteiger partial charge in [0.15, 0.2) is 0 Å². The van der Waals surface area contributed by atoms with E-state index in [2.05, 4.69) is 21.2 Å². The summed E-state index contributed by atoms with van der Waals surface area (Å²) >= 11 is 3.48. The molecule has 0 saturated heterocycles. The maximum absolute atomic E-state index is 5.61. The second-order valence-electron chi connectivity index (χ2n) is 3.12. The van der Waals surface area contributed by atoms with Crippen LogP contribution in [0.1, 0.15) is 5.56 Å². The van der Waals surface area contributed by atoms with Crippen molar-refractivity contribution in [3.05, 3.63) is 22.2 Å². The van der Waals surface area contributed by atoms with Crippen LogP contribution < -0.4 is 14.8 Å². The first-order valence-electron chi connectivity index (χ1n) is 4.51. The highest BCUT2D eigenvalue weighted by Crippen LogP contribution is 2.34. The highest BCUT2D eigenvalue weighted by Gasteiger charge is 2.13. The fourth-order valence-electron chi connectivity index (χ4n) is 1.48. The molecule has 2 rings (SSSR count). The van der Waals surface area contributed by atoms with Gasteiger partial charge in [-0.05, 0) is 28.1 Å². The quantitative estimate of drug-likeness (QED) is 0.835. The van der Waals surface area contributed by atoms with E-state index in [0.717, 1.165) is 34.6 Å². The van der Waals surface area contributed by atoms with E-state index in [9.17, 15) is 0 Å². The van der Waals surface area contributed by atoms with Gasteiger partial charge in [-0.15, -0.1) is 0 Å². The first-order chi connectivity index (χ1) is 6.81. The Labute approximate surface area is 91.5 Å². The van der Waals surface area contributed by atoms with Crippen molar-refractivity contribution in [1.82, 2.24) is 5.32 Å². The van der Waals surface area contributed by atoms with Crippen LogP contribution in [0.15, 0.2) is 16.6 Å². The molecule has 0 aliphatic carbocycles. The van der Waals surface area contributed by atoms with Gasteiger partial charge < -0.3 is 14.8 Å². The Hall–Kier alpha value is -0.740. The molecule has 0 saturated carbocycles. The molecule has 0 unspecified atom stereocenters. The molecule has 0 radical (unpaired) electrons.